The second kappa shape index (κ2) is 5.01. The fraction of sp³-hybridized carbons (Fsp3) is 0.385. The first-order valence-electron chi connectivity index (χ1n) is 5.19. The van der Waals surface area contributed by atoms with Crippen LogP contribution in [-0.2, 0) is 6.42 Å². The van der Waals surface area contributed by atoms with E-state index in [1.165, 1.54) is 0 Å². The summed E-state index contributed by atoms with van der Waals surface area (Å²) in [5, 5.41) is 8.52. The first-order chi connectivity index (χ1) is 7.47. The van der Waals surface area contributed by atoms with Gasteiger partial charge < -0.3 is 9.52 Å². The summed E-state index contributed by atoms with van der Waals surface area (Å²) >= 11 is 0. The number of furan rings is 1. The molecule has 0 aromatic carbocycles. The van der Waals surface area contributed by atoms with Crippen LogP contribution in [0.1, 0.15) is 29.6 Å². The second-order valence-electron chi connectivity index (χ2n) is 3.89. The van der Waals surface area contributed by atoms with Gasteiger partial charge in [-0.05, 0) is 45.3 Å². The third-order valence-electron chi connectivity index (χ3n) is 2.81. The number of aryl methyl sites for hydroxylation is 2. The lowest BCUT2D eigenvalue weighted by molar-refractivity contribution is 0.444. The van der Waals surface area contributed by atoms with E-state index < -0.39 is 5.83 Å². The summed E-state index contributed by atoms with van der Waals surface area (Å²) in [7, 11) is 0. The van der Waals surface area contributed by atoms with Gasteiger partial charge in [-0.15, -0.1) is 0 Å². The van der Waals surface area contributed by atoms with Gasteiger partial charge in [-0.3, -0.25) is 0 Å². The molecule has 16 heavy (non-hydrogen) atoms. The van der Waals surface area contributed by atoms with Crippen LogP contribution in [0.3, 0.4) is 0 Å². The van der Waals surface area contributed by atoms with Gasteiger partial charge in [-0.2, -0.15) is 0 Å². The van der Waals surface area contributed by atoms with Gasteiger partial charge in [0, 0.05) is 5.56 Å². The molecule has 0 amide bonds. The zero-order valence-electron chi connectivity index (χ0n) is 10.1. The van der Waals surface area contributed by atoms with E-state index in [4.69, 9.17) is 9.52 Å². The molecule has 1 N–H and O–H groups in total. The van der Waals surface area contributed by atoms with E-state index in [-0.39, 0.29) is 0 Å². The highest BCUT2D eigenvalue weighted by Crippen LogP contribution is 2.22. The molecule has 0 spiro atoms. The number of rotatable bonds is 3. The van der Waals surface area contributed by atoms with Crippen molar-refractivity contribution in [2.45, 2.75) is 34.1 Å². The van der Waals surface area contributed by atoms with Crippen molar-refractivity contribution in [2.24, 2.45) is 0 Å². The number of halogens is 1. The van der Waals surface area contributed by atoms with E-state index in [1.807, 2.05) is 20.8 Å². The lowest BCUT2D eigenvalue weighted by Gasteiger charge is -1.98. The van der Waals surface area contributed by atoms with Crippen molar-refractivity contribution in [2.75, 3.05) is 0 Å². The van der Waals surface area contributed by atoms with E-state index in [2.05, 4.69) is 0 Å². The fourth-order valence-corrected chi connectivity index (χ4v) is 1.60. The molecule has 0 aliphatic rings. The minimum atomic E-state index is -0.601. The van der Waals surface area contributed by atoms with Gasteiger partial charge in [0.05, 0.1) is 0 Å². The van der Waals surface area contributed by atoms with Gasteiger partial charge in [0.2, 0.25) is 0 Å². The van der Waals surface area contributed by atoms with Crippen molar-refractivity contribution in [1.29, 1.82) is 0 Å². The Balaban J connectivity index is 2.90. The molecule has 0 radical (unpaired) electrons. The Hall–Kier alpha value is -1.51. The Kier molecular flexibility index (Phi) is 3.93. The molecule has 2 nitrogen and oxygen atoms in total. The quantitative estimate of drug-likeness (QED) is 0.620. The fourth-order valence-electron chi connectivity index (χ4n) is 1.60. The first kappa shape index (κ1) is 12.6. The Labute approximate surface area is 95.1 Å². The molecule has 88 valence electrons. The van der Waals surface area contributed by atoms with Gasteiger partial charge >= 0.3 is 0 Å². The molecule has 0 aliphatic heterocycles. The third-order valence-corrected chi connectivity index (χ3v) is 2.81. The van der Waals surface area contributed by atoms with Gasteiger partial charge in [0.15, 0.2) is 5.83 Å². The Morgan fingerprint density at radius 1 is 1.31 bits per heavy atom. The van der Waals surface area contributed by atoms with E-state index in [9.17, 15) is 4.39 Å². The highest BCUT2D eigenvalue weighted by atomic mass is 19.1. The zero-order chi connectivity index (χ0) is 12.3. The van der Waals surface area contributed by atoms with E-state index in [0.717, 1.165) is 22.6 Å². The number of aliphatic hydroxyl groups excluding tert-OH is 1. The molecule has 0 saturated heterocycles. The average Bonchev–Trinajstić information content (AvgIpc) is 2.49. The first-order valence-corrected chi connectivity index (χ1v) is 5.19. The SMILES string of the molecule is CC(=CCc1c(C)oc(C)c1C)C(F)=CO. The van der Waals surface area contributed by atoms with Crippen LogP contribution in [0, 0.1) is 20.8 Å². The Bertz CT molecular complexity index is 439. The molecule has 1 heterocycles. The van der Waals surface area contributed by atoms with Gasteiger partial charge in [0.25, 0.3) is 0 Å². The Morgan fingerprint density at radius 2 is 1.94 bits per heavy atom. The lowest BCUT2D eigenvalue weighted by Crippen LogP contribution is -1.87. The summed E-state index contributed by atoms with van der Waals surface area (Å²) in [5.74, 6) is 1.17. The summed E-state index contributed by atoms with van der Waals surface area (Å²) in [6, 6.07) is 0. The van der Waals surface area contributed by atoms with Crippen LogP contribution in [0.25, 0.3) is 0 Å². The molecular formula is C13H17FO2. The summed E-state index contributed by atoms with van der Waals surface area (Å²) in [5.41, 5.74) is 2.62. The van der Waals surface area contributed by atoms with Crippen molar-refractivity contribution >= 4 is 0 Å². The number of allylic oxidation sites excluding steroid dienone is 3. The number of hydrogen-bond donors (Lipinski definition) is 1. The predicted molar refractivity (Wildman–Crippen MR) is 62.2 cm³/mol. The normalized spacial score (nSPS) is 13.3. The van der Waals surface area contributed by atoms with Crippen molar-refractivity contribution in [1.82, 2.24) is 0 Å². The van der Waals surface area contributed by atoms with Crippen LogP contribution in [0.15, 0.2) is 28.2 Å². The lowest BCUT2D eigenvalue weighted by atomic mass is 10.1. The topological polar surface area (TPSA) is 33.4 Å². The highest BCUT2D eigenvalue weighted by Gasteiger charge is 2.09. The maximum absolute atomic E-state index is 13.0. The van der Waals surface area contributed by atoms with Crippen molar-refractivity contribution in [3.63, 3.8) is 0 Å². The molecule has 0 fully saturated rings. The summed E-state index contributed by atoms with van der Waals surface area (Å²) in [6.45, 7) is 7.43. The van der Waals surface area contributed by atoms with Crippen LogP contribution < -0.4 is 0 Å². The maximum Gasteiger partial charge on any atom is 0.159 e. The molecule has 0 unspecified atom stereocenters. The van der Waals surface area contributed by atoms with Gasteiger partial charge in [-0.25, -0.2) is 4.39 Å². The van der Waals surface area contributed by atoms with Gasteiger partial charge in [0.1, 0.15) is 17.8 Å². The molecule has 3 heteroatoms. The van der Waals surface area contributed by atoms with Crippen LogP contribution in [-0.4, -0.2) is 5.11 Å². The predicted octanol–water partition coefficient (Wildman–Crippen LogP) is 4.06. The Morgan fingerprint density at radius 3 is 2.38 bits per heavy atom. The van der Waals surface area contributed by atoms with Crippen LogP contribution in [0.4, 0.5) is 4.39 Å². The molecule has 0 atom stereocenters. The van der Waals surface area contributed by atoms with Crippen LogP contribution in [0.5, 0.6) is 0 Å². The van der Waals surface area contributed by atoms with Crippen molar-refractivity contribution in [3.05, 3.63) is 46.4 Å². The number of hydrogen-bond acceptors (Lipinski definition) is 2. The van der Waals surface area contributed by atoms with Crippen molar-refractivity contribution in [3.8, 4) is 0 Å². The molecule has 0 aliphatic carbocycles. The molecule has 0 bridgehead atoms. The zero-order valence-corrected chi connectivity index (χ0v) is 10.1. The molecular weight excluding hydrogens is 207 g/mol. The van der Waals surface area contributed by atoms with Crippen LogP contribution in [0.2, 0.25) is 0 Å². The standard InChI is InChI=1S/C13H17FO2/c1-8(13(14)7-15)5-6-12-9(2)10(3)16-11(12)4/h5,7,15H,6H2,1-4H3. The second-order valence-corrected chi connectivity index (χ2v) is 3.89. The average molecular weight is 224 g/mol. The summed E-state index contributed by atoms with van der Waals surface area (Å²) in [4.78, 5) is 0. The number of aliphatic hydroxyl groups is 1. The summed E-state index contributed by atoms with van der Waals surface area (Å²) in [6.07, 6.45) is 2.83. The highest BCUT2D eigenvalue weighted by molar-refractivity contribution is 5.34. The molecule has 1 aromatic heterocycles. The third kappa shape index (κ3) is 2.54. The smallest absolute Gasteiger partial charge is 0.159 e. The molecule has 0 saturated carbocycles. The summed E-state index contributed by atoms with van der Waals surface area (Å²) < 4.78 is 18.4. The minimum Gasteiger partial charge on any atom is -0.513 e. The monoisotopic (exact) mass is 224 g/mol. The molecule has 1 rings (SSSR count). The van der Waals surface area contributed by atoms with E-state index in [1.54, 1.807) is 13.0 Å². The van der Waals surface area contributed by atoms with E-state index >= 15 is 0 Å². The van der Waals surface area contributed by atoms with Crippen LogP contribution >= 0.6 is 0 Å². The van der Waals surface area contributed by atoms with Crippen molar-refractivity contribution < 1.29 is 13.9 Å². The largest absolute Gasteiger partial charge is 0.513 e. The van der Waals surface area contributed by atoms with Gasteiger partial charge in [-0.1, -0.05) is 6.08 Å². The minimum absolute atomic E-state index is 0.431. The maximum atomic E-state index is 13.0. The van der Waals surface area contributed by atoms with E-state index in [0.29, 0.717) is 18.3 Å². The molecule has 1 aromatic rings.